The second-order valence-corrected chi connectivity index (χ2v) is 6.82. The molecule has 1 aliphatic heterocycles. The molecule has 0 spiro atoms. The number of benzene rings is 1. The molecular formula is C18H24ClN3O2S. The number of halogens is 1. The lowest BCUT2D eigenvalue weighted by Gasteiger charge is -2.34. The van der Waals surface area contributed by atoms with Crippen LogP contribution in [-0.2, 0) is 6.54 Å². The Kier molecular flexibility index (Phi) is 7.23. The molecule has 0 aliphatic carbocycles. The first kappa shape index (κ1) is 19.7. The number of para-hydroxylation sites is 1. The lowest BCUT2D eigenvalue weighted by molar-refractivity contribution is 0.0624. The van der Waals surface area contributed by atoms with E-state index in [-0.39, 0.29) is 18.3 Å². The summed E-state index contributed by atoms with van der Waals surface area (Å²) in [5.41, 5.74) is 1.74. The number of aromatic nitrogens is 1. The lowest BCUT2D eigenvalue weighted by Crippen LogP contribution is -2.48. The third kappa shape index (κ3) is 4.93. The van der Waals surface area contributed by atoms with Crippen molar-refractivity contribution < 1.29 is 9.53 Å². The van der Waals surface area contributed by atoms with Crippen LogP contribution in [0.25, 0.3) is 0 Å². The zero-order chi connectivity index (χ0) is 16.9. The van der Waals surface area contributed by atoms with E-state index < -0.39 is 0 Å². The van der Waals surface area contributed by atoms with Gasteiger partial charge in [0, 0.05) is 37.3 Å². The van der Waals surface area contributed by atoms with Crippen LogP contribution in [0.1, 0.15) is 28.0 Å². The maximum Gasteiger partial charge on any atom is 0.257 e. The summed E-state index contributed by atoms with van der Waals surface area (Å²) in [6.07, 6.45) is 0. The molecular weight excluding hydrogens is 358 g/mol. The van der Waals surface area contributed by atoms with Gasteiger partial charge in [0.15, 0.2) is 0 Å². The van der Waals surface area contributed by atoms with Gasteiger partial charge in [0.2, 0.25) is 0 Å². The Bertz CT molecular complexity index is 699. The van der Waals surface area contributed by atoms with E-state index in [1.54, 1.807) is 11.3 Å². The molecule has 1 fully saturated rings. The first-order valence-electron chi connectivity index (χ1n) is 8.32. The summed E-state index contributed by atoms with van der Waals surface area (Å²) < 4.78 is 5.59. The van der Waals surface area contributed by atoms with E-state index in [1.807, 2.05) is 43.0 Å². The van der Waals surface area contributed by atoms with Gasteiger partial charge < -0.3 is 9.64 Å². The molecule has 5 nitrogen and oxygen atoms in total. The van der Waals surface area contributed by atoms with Crippen LogP contribution < -0.4 is 4.74 Å². The highest BCUT2D eigenvalue weighted by Gasteiger charge is 2.24. The van der Waals surface area contributed by atoms with E-state index in [0.29, 0.717) is 17.9 Å². The van der Waals surface area contributed by atoms with Crippen molar-refractivity contribution in [2.45, 2.75) is 20.4 Å². The summed E-state index contributed by atoms with van der Waals surface area (Å²) in [5, 5.41) is 3.23. The van der Waals surface area contributed by atoms with Gasteiger partial charge in [-0.05, 0) is 26.0 Å². The minimum absolute atomic E-state index is 0. The maximum absolute atomic E-state index is 12.8. The summed E-state index contributed by atoms with van der Waals surface area (Å²) in [6.45, 7) is 8.61. The van der Waals surface area contributed by atoms with Crippen LogP contribution in [0.5, 0.6) is 5.75 Å². The van der Waals surface area contributed by atoms with Crippen LogP contribution in [0.3, 0.4) is 0 Å². The monoisotopic (exact) mass is 381 g/mol. The molecule has 0 atom stereocenters. The number of nitrogens with zero attached hydrogens (tertiary/aromatic N) is 3. The standard InChI is InChI=1S/C18H23N3O2S.ClH/c1-3-23-16-7-5-4-6-15(16)18(22)21-10-8-20(9-11-21)12-17-19-14(2)13-24-17;/h4-7,13H,3,8-12H2,1-2H3;1H. The Labute approximate surface area is 159 Å². The number of hydrogen-bond acceptors (Lipinski definition) is 5. The van der Waals surface area contributed by atoms with Crippen LogP contribution in [0, 0.1) is 6.92 Å². The molecule has 0 radical (unpaired) electrons. The quantitative estimate of drug-likeness (QED) is 0.797. The minimum atomic E-state index is 0. The predicted octanol–water partition coefficient (Wildman–Crippen LogP) is 3.23. The molecule has 1 aliphatic rings. The maximum atomic E-state index is 12.8. The van der Waals surface area contributed by atoms with Crippen molar-refractivity contribution in [2.75, 3.05) is 32.8 Å². The highest BCUT2D eigenvalue weighted by atomic mass is 35.5. The Balaban J connectivity index is 0.00000225. The van der Waals surface area contributed by atoms with Gasteiger partial charge in [-0.1, -0.05) is 12.1 Å². The minimum Gasteiger partial charge on any atom is -0.493 e. The highest BCUT2D eigenvalue weighted by Crippen LogP contribution is 2.21. The normalized spacial score (nSPS) is 14.9. The average Bonchev–Trinajstić information content (AvgIpc) is 3.01. The van der Waals surface area contributed by atoms with Crippen molar-refractivity contribution in [1.82, 2.24) is 14.8 Å². The number of rotatable bonds is 5. The molecule has 0 unspecified atom stereocenters. The Morgan fingerprint density at radius 1 is 1.24 bits per heavy atom. The van der Waals surface area contributed by atoms with Crippen molar-refractivity contribution in [3.8, 4) is 5.75 Å². The van der Waals surface area contributed by atoms with E-state index in [9.17, 15) is 4.79 Å². The van der Waals surface area contributed by atoms with Gasteiger partial charge in [0.25, 0.3) is 5.91 Å². The third-order valence-electron chi connectivity index (χ3n) is 4.10. The summed E-state index contributed by atoms with van der Waals surface area (Å²) >= 11 is 1.70. The molecule has 1 saturated heterocycles. The van der Waals surface area contributed by atoms with Crippen molar-refractivity contribution in [3.63, 3.8) is 0 Å². The topological polar surface area (TPSA) is 45.7 Å². The van der Waals surface area contributed by atoms with Gasteiger partial charge in [-0.15, -0.1) is 23.7 Å². The molecule has 1 aromatic heterocycles. The highest BCUT2D eigenvalue weighted by molar-refractivity contribution is 7.09. The fourth-order valence-electron chi connectivity index (χ4n) is 2.87. The summed E-state index contributed by atoms with van der Waals surface area (Å²) in [4.78, 5) is 21.6. The molecule has 0 saturated carbocycles. The molecule has 7 heteroatoms. The van der Waals surface area contributed by atoms with Gasteiger partial charge >= 0.3 is 0 Å². The smallest absolute Gasteiger partial charge is 0.257 e. The molecule has 0 N–H and O–H groups in total. The zero-order valence-electron chi connectivity index (χ0n) is 14.6. The van der Waals surface area contributed by atoms with Crippen molar-refractivity contribution >= 4 is 29.7 Å². The van der Waals surface area contributed by atoms with Crippen LogP contribution in [0.4, 0.5) is 0 Å². The van der Waals surface area contributed by atoms with Gasteiger partial charge in [0.05, 0.1) is 18.7 Å². The van der Waals surface area contributed by atoms with Crippen LogP contribution in [0.15, 0.2) is 29.6 Å². The number of ether oxygens (including phenoxy) is 1. The van der Waals surface area contributed by atoms with Crippen LogP contribution >= 0.6 is 23.7 Å². The van der Waals surface area contributed by atoms with Gasteiger partial charge in [-0.25, -0.2) is 4.98 Å². The number of hydrogen-bond donors (Lipinski definition) is 0. The lowest BCUT2D eigenvalue weighted by atomic mass is 10.1. The molecule has 3 rings (SSSR count). The Morgan fingerprint density at radius 2 is 1.96 bits per heavy atom. The van der Waals surface area contributed by atoms with E-state index in [0.717, 1.165) is 43.4 Å². The third-order valence-corrected chi connectivity index (χ3v) is 5.05. The summed E-state index contributed by atoms with van der Waals surface area (Å²) in [6, 6.07) is 7.49. The van der Waals surface area contributed by atoms with Crippen LogP contribution in [-0.4, -0.2) is 53.5 Å². The number of piperazine rings is 1. The fourth-order valence-corrected chi connectivity index (χ4v) is 3.68. The Hall–Kier alpha value is -1.63. The van der Waals surface area contributed by atoms with E-state index in [1.165, 1.54) is 0 Å². The van der Waals surface area contributed by atoms with Gasteiger partial charge in [-0.3, -0.25) is 9.69 Å². The zero-order valence-corrected chi connectivity index (χ0v) is 16.2. The molecule has 1 amide bonds. The average molecular weight is 382 g/mol. The largest absolute Gasteiger partial charge is 0.493 e. The second-order valence-electron chi connectivity index (χ2n) is 5.88. The molecule has 136 valence electrons. The van der Waals surface area contributed by atoms with Crippen molar-refractivity contribution in [2.24, 2.45) is 0 Å². The molecule has 1 aromatic carbocycles. The Morgan fingerprint density at radius 3 is 2.60 bits per heavy atom. The van der Waals surface area contributed by atoms with E-state index >= 15 is 0 Å². The molecule has 2 heterocycles. The van der Waals surface area contributed by atoms with E-state index in [2.05, 4.69) is 15.3 Å². The number of thiazole rings is 1. The molecule has 25 heavy (non-hydrogen) atoms. The number of carbonyl (C=O) groups excluding carboxylic acids is 1. The summed E-state index contributed by atoms with van der Waals surface area (Å²) in [5.74, 6) is 0.731. The number of aryl methyl sites for hydroxylation is 1. The van der Waals surface area contributed by atoms with Crippen LogP contribution in [0.2, 0.25) is 0 Å². The summed E-state index contributed by atoms with van der Waals surface area (Å²) in [7, 11) is 0. The van der Waals surface area contributed by atoms with Gasteiger partial charge in [-0.2, -0.15) is 0 Å². The first-order chi connectivity index (χ1) is 11.7. The SMILES string of the molecule is CCOc1ccccc1C(=O)N1CCN(Cc2nc(C)cs2)CC1.Cl. The first-order valence-corrected chi connectivity index (χ1v) is 9.20. The molecule has 2 aromatic rings. The fraction of sp³-hybridized carbons (Fsp3) is 0.444. The van der Waals surface area contributed by atoms with E-state index in [4.69, 9.17) is 4.74 Å². The second kappa shape index (κ2) is 9.17. The van der Waals surface area contributed by atoms with Crippen molar-refractivity contribution in [3.05, 3.63) is 45.9 Å². The number of amides is 1. The number of carbonyl (C=O) groups is 1. The van der Waals surface area contributed by atoms with Gasteiger partial charge in [0.1, 0.15) is 10.8 Å². The molecule has 0 bridgehead atoms. The van der Waals surface area contributed by atoms with Crippen molar-refractivity contribution in [1.29, 1.82) is 0 Å². The predicted molar refractivity (Wildman–Crippen MR) is 103 cm³/mol.